The molecule has 1 nitrogen and oxygen atoms in total. The fraction of sp³-hybridized carbons (Fsp3) is 0.333. The molecule has 1 aliphatic heterocycles. The van der Waals surface area contributed by atoms with Crippen LogP contribution in [0, 0.1) is 5.82 Å². The molecule has 2 rings (SSSR count). The summed E-state index contributed by atoms with van der Waals surface area (Å²) in [7, 11) is 0. The molecule has 0 saturated carbocycles. The zero-order valence-electron chi connectivity index (χ0n) is 6.94. The monoisotopic (exact) mass is 206 g/mol. The standard InChI is InChI=1S/C9H6F4O/c10-5-1-2-7(9(11,12)13)6(3-5)8-4-14-8/h1-3,8H,4H2/t8-/m1/s1. The molecule has 0 bridgehead atoms. The van der Waals surface area contributed by atoms with Crippen LogP contribution in [0.15, 0.2) is 18.2 Å². The average Bonchev–Trinajstić information content (AvgIpc) is 2.83. The van der Waals surface area contributed by atoms with Gasteiger partial charge in [0, 0.05) is 0 Å². The summed E-state index contributed by atoms with van der Waals surface area (Å²) in [6.45, 7) is 0.229. The lowest BCUT2D eigenvalue weighted by Gasteiger charge is -2.10. The van der Waals surface area contributed by atoms with Crippen molar-refractivity contribution in [1.82, 2.24) is 0 Å². The van der Waals surface area contributed by atoms with Crippen molar-refractivity contribution < 1.29 is 22.3 Å². The van der Waals surface area contributed by atoms with Gasteiger partial charge in [0.05, 0.1) is 12.2 Å². The molecule has 1 aromatic carbocycles. The van der Waals surface area contributed by atoms with Crippen molar-refractivity contribution in [2.24, 2.45) is 0 Å². The third kappa shape index (κ3) is 1.72. The van der Waals surface area contributed by atoms with Gasteiger partial charge in [-0.1, -0.05) is 0 Å². The first-order chi connectivity index (χ1) is 6.48. The first-order valence-corrected chi connectivity index (χ1v) is 3.97. The van der Waals surface area contributed by atoms with Crippen molar-refractivity contribution in [1.29, 1.82) is 0 Å². The second kappa shape index (κ2) is 2.95. The van der Waals surface area contributed by atoms with E-state index in [1.54, 1.807) is 0 Å². The summed E-state index contributed by atoms with van der Waals surface area (Å²) >= 11 is 0. The molecule has 0 spiro atoms. The molecule has 14 heavy (non-hydrogen) atoms. The van der Waals surface area contributed by atoms with Crippen LogP contribution in [-0.4, -0.2) is 6.61 Å². The molecule has 5 heteroatoms. The normalized spacial score (nSPS) is 21.0. The highest BCUT2D eigenvalue weighted by atomic mass is 19.4. The van der Waals surface area contributed by atoms with Gasteiger partial charge in [-0.25, -0.2) is 4.39 Å². The lowest BCUT2D eigenvalue weighted by Crippen LogP contribution is -2.09. The molecule has 0 radical (unpaired) electrons. The van der Waals surface area contributed by atoms with Crippen molar-refractivity contribution in [3.63, 3.8) is 0 Å². The van der Waals surface area contributed by atoms with Crippen LogP contribution < -0.4 is 0 Å². The maximum Gasteiger partial charge on any atom is 0.416 e. The van der Waals surface area contributed by atoms with E-state index in [-0.39, 0.29) is 12.2 Å². The first kappa shape index (κ1) is 9.45. The van der Waals surface area contributed by atoms with Gasteiger partial charge in [-0.15, -0.1) is 0 Å². The Bertz CT molecular complexity index is 354. The highest BCUT2D eigenvalue weighted by molar-refractivity contribution is 5.33. The van der Waals surface area contributed by atoms with Gasteiger partial charge in [0.15, 0.2) is 0 Å². The lowest BCUT2D eigenvalue weighted by molar-refractivity contribution is -0.138. The molecule has 1 heterocycles. The SMILES string of the molecule is Fc1ccc(C(F)(F)F)c([C@H]2CO2)c1. The molecular weight excluding hydrogens is 200 g/mol. The summed E-state index contributed by atoms with van der Waals surface area (Å²) in [6, 6.07) is 2.42. The second-order valence-corrected chi connectivity index (χ2v) is 3.05. The van der Waals surface area contributed by atoms with E-state index in [1.165, 1.54) is 0 Å². The Labute approximate surface area is 77.3 Å². The van der Waals surface area contributed by atoms with Crippen LogP contribution in [0.5, 0.6) is 0 Å². The Morgan fingerprint density at radius 3 is 2.43 bits per heavy atom. The van der Waals surface area contributed by atoms with Gasteiger partial charge in [-0.3, -0.25) is 0 Å². The summed E-state index contributed by atoms with van der Waals surface area (Å²) in [5.74, 6) is -0.677. The van der Waals surface area contributed by atoms with Crippen LogP contribution in [0.25, 0.3) is 0 Å². The molecule has 0 unspecified atom stereocenters. The van der Waals surface area contributed by atoms with E-state index in [9.17, 15) is 17.6 Å². The van der Waals surface area contributed by atoms with E-state index in [2.05, 4.69) is 0 Å². The highest BCUT2D eigenvalue weighted by Crippen LogP contribution is 2.40. The number of rotatable bonds is 1. The predicted octanol–water partition coefficient (Wildman–Crippen LogP) is 2.92. The zero-order valence-corrected chi connectivity index (χ0v) is 6.94. The smallest absolute Gasteiger partial charge is 0.368 e. The maximum atomic E-state index is 12.7. The fourth-order valence-electron chi connectivity index (χ4n) is 1.29. The predicted molar refractivity (Wildman–Crippen MR) is 40.1 cm³/mol. The van der Waals surface area contributed by atoms with Gasteiger partial charge < -0.3 is 4.74 Å². The molecule has 0 aliphatic carbocycles. The zero-order chi connectivity index (χ0) is 10.3. The Morgan fingerprint density at radius 2 is 1.93 bits per heavy atom. The van der Waals surface area contributed by atoms with Gasteiger partial charge >= 0.3 is 6.18 Å². The topological polar surface area (TPSA) is 12.5 Å². The molecule has 1 atom stereocenters. The van der Waals surface area contributed by atoms with Gasteiger partial charge in [0.1, 0.15) is 11.9 Å². The number of benzene rings is 1. The van der Waals surface area contributed by atoms with E-state index < -0.39 is 23.7 Å². The van der Waals surface area contributed by atoms with Crippen molar-refractivity contribution in [2.75, 3.05) is 6.61 Å². The van der Waals surface area contributed by atoms with E-state index in [0.29, 0.717) is 0 Å². The molecule has 1 fully saturated rings. The summed E-state index contributed by atoms with van der Waals surface area (Å²) < 4.78 is 54.6. The molecule has 1 saturated heterocycles. The molecule has 1 aliphatic rings. The molecule has 0 N–H and O–H groups in total. The summed E-state index contributed by atoms with van der Waals surface area (Å²) in [5, 5.41) is 0. The van der Waals surface area contributed by atoms with Crippen molar-refractivity contribution in [3.05, 3.63) is 35.1 Å². The quantitative estimate of drug-likeness (QED) is 0.508. The van der Waals surface area contributed by atoms with E-state index in [4.69, 9.17) is 4.74 Å². The van der Waals surface area contributed by atoms with Crippen LogP contribution in [-0.2, 0) is 10.9 Å². The highest BCUT2D eigenvalue weighted by Gasteiger charge is 2.38. The minimum absolute atomic E-state index is 0.113. The molecule has 76 valence electrons. The summed E-state index contributed by atoms with van der Waals surface area (Å²) in [4.78, 5) is 0. The Balaban J connectivity index is 2.47. The Hall–Kier alpha value is -1.10. The third-order valence-electron chi connectivity index (χ3n) is 2.00. The van der Waals surface area contributed by atoms with Crippen molar-refractivity contribution >= 4 is 0 Å². The van der Waals surface area contributed by atoms with Crippen LogP contribution in [0.3, 0.4) is 0 Å². The first-order valence-electron chi connectivity index (χ1n) is 3.97. The maximum absolute atomic E-state index is 12.7. The third-order valence-corrected chi connectivity index (χ3v) is 2.00. The number of epoxide rings is 1. The molecule has 0 amide bonds. The number of halogens is 4. The van der Waals surface area contributed by atoms with Gasteiger partial charge in [-0.05, 0) is 23.8 Å². The minimum atomic E-state index is -4.45. The van der Waals surface area contributed by atoms with Crippen LogP contribution in [0.2, 0.25) is 0 Å². The summed E-state index contributed by atoms with van der Waals surface area (Å²) in [5.41, 5.74) is -0.932. The van der Waals surface area contributed by atoms with Gasteiger partial charge in [0.2, 0.25) is 0 Å². The second-order valence-electron chi connectivity index (χ2n) is 3.05. The molecular formula is C9H6F4O. The van der Waals surface area contributed by atoms with E-state index >= 15 is 0 Å². The largest absolute Gasteiger partial charge is 0.416 e. The van der Waals surface area contributed by atoms with Gasteiger partial charge in [-0.2, -0.15) is 13.2 Å². The van der Waals surface area contributed by atoms with E-state index in [1.807, 2.05) is 0 Å². The number of ether oxygens (including phenoxy) is 1. The Kier molecular flexibility index (Phi) is 1.99. The lowest BCUT2D eigenvalue weighted by atomic mass is 10.0. The minimum Gasteiger partial charge on any atom is -0.368 e. The van der Waals surface area contributed by atoms with Crippen molar-refractivity contribution in [2.45, 2.75) is 12.3 Å². The van der Waals surface area contributed by atoms with Crippen LogP contribution in [0.1, 0.15) is 17.2 Å². The molecule has 0 aromatic heterocycles. The Morgan fingerprint density at radius 1 is 1.29 bits per heavy atom. The number of hydrogen-bond acceptors (Lipinski definition) is 1. The number of alkyl halides is 3. The molecule has 1 aromatic rings. The van der Waals surface area contributed by atoms with Gasteiger partial charge in [0.25, 0.3) is 0 Å². The number of hydrogen-bond donors (Lipinski definition) is 0. The summed E-state index contributed by atoms with van der Waals surface area (Å²) in [6.07, 6.45) is -5.04. The van der Waals surface area contributed by atoms with E-state index in [0.717, 1.165) is 18.2 Å². The van der Waals surface area contributed by atoms with Crippen molar-refractivity contribution in [3.8, 4) is 0 Å². The van der Waals surface area contributed by atoms with Crippen LogP contribution >= 0.6 is 0 Å². The average molecular weight is 206 g/mol. The van der Waals surface area contributed by atoms with Crippen LogP contribution in [0.4, 0.5) is 17.6 Å². The fourth-order valence-corrected chi connectivity index (χ4v) is 1.29.